The lowest BCUT2D eigenvalue weighted by molar-refractivity contribution is -0.143. The quantitative estimate of drug-likeness (QED) is 0.388. The number of nitrogens with one attached hydrogen (secondary N) is 2. The van der Waals surface area contributed by atoms with E-state index in [1.54, 1.807) is 29.2 Å². The van der Waals surface area contributed by atoms with E-state index in [1.165, 1.54) is 0 Å². The third-order valence-electron chi connectivity index (χ3n) is 8.70. The number of likely N-dealkylation sites (tertiary alicyclic amines) is 1. The van der Waals surface area contributed by atoms with Crippen LogP contribution in [-0.2, 0) is 19.1 Å². The van der Waals surface area contributed by atoms with Crippen LogP contribution in [0, 0.1) is 25.7 Å². The van der Waals surface area contributed by atoms with Gasteiger partial charge in [0.15, 0.2) is 0 Å². The highest BCUT2D eigenvalue weighted by atomic mass is 16.5. The number of unbranched alkanes of at least 4 members (excludes halogenated alkanes) is 1. The van der Waals surface area contributed by atoms with Gasteiger partial charge in [-0.1, -0.05) is 12.1 Å². The number of carbonyl (C=O) groups is 3. The number of aliphatic hydroxyl groups excluding tert-OH is 1. The molecule has 3 heterocycles. The molecule has 214 valence electrons. The average molecular weight is 550 g/mol. The van der Waals surface area contributed by atoms with Crippen LogP contribution in [-0.4, -0.2) is 64.7 Å². The van der Waals surface area contributed by atoms with Crippen LogP contribution in [0.15, 0.2) is 42.5 Å². The Balaban J connectivity index is 1.46. The van der Waals surface area contributed by atoms with Crippen molar-refractivity contribution in [2.45, 2.75) is 70.6 Å². The Bertz CT molecular complexity index is 1300. The van der Waals surface area contributed by atoms with Crippen molar-refractivity contribution < 1.29 is 29.0 Å². The van der Waals surface area contributed by atoms with Gasteiger partial charge in [-0.15, -0.1) is 0 Å². The van der Waals surface area contributed by atoms with Crippen LogP contribution in [0.2, 0.25) is 0 Å². The van der Waals surface area contributed by atoms with Crippen molar-refractivity contribution in [2.24, 2.45) is 11.8 Å². The predicted octanol–water partition coefficient (Wildman–Crippen LogP) is 3.82. The highest BCUT2D eigenvalue weighted by molar-refractivity contribution is 6.05. The van der Waals surface area contributed by atoms with Gasteiger partial charge >= 0.3 is 0 Å². The Labute approximate surface area is 235 Å². The first-order valence-corrected chi connectivity index (χ1v) is 14.2. The van der Waals surface area contributed by atoms with Gasteiger partial charge in [0.1, 0.15) is 17.4 Å². The Morgan fingerprint density at radius 2 is 1.82 bits per heavy atom. The van der Waals surface area contributed by atoms with Crippen molar-refractivity contribution in [1.82, 2.24) is 4.90 Å². The molecule has 1 spiro atoms. The van der Waals surface area contributed by atoms with Crippen LogP contribution in [0.1, 0.15) is 50.7 Å². The van der Waals surface area contributed by atoms with Crippen LogP contribution in [0.5, 0.6) is 5.75 Å². The van der Waals surface area contributed by atoms with E-state index < -0.39 is 29.1 Å². The second-order valence-corrected chi connectivity index (χ2v) is 11.4. The van der Waals surface area contributed by atoms with Gasteiger partial charge in [0, 0.05) is 24.5 Å². The second-order valence-electron chi connectivity index (χ2n) is 11.4. The SMILES string of the molecule is CCOc1ccc(NC(=O)[C@H]2[C@H]3C(=O)N(CCCCO)C(C(=O)Nc4cc(C)ccc4C)C34CC[C@]2(C)O4)cc1. The van der Waals surface area contributed by atoms with E-state index in [0.717, 1.165) is 11.1 Å². The summed E-state index contributed by atoms with van der Waals surface area (Å²) in [5, 5.41) is 15.4. The van der Waals surface area contributed by atoms with E-state index in [2.05, 4.69) is 10.6 Å². The molecule has 0 radical (unpaired) electrons. The molecular weight excluding hydrogens is 510 g/mol. The number of hydrogen-bond acceptors (Lipinski definition) is 6. The molecular formula is C31H39N3O6. The Kier molecular flexibility index (Phi) is 7.63. The van der Waals surface area contributed by atoms with E-state index in [-0.39, 0.29) is 24.3 Å². The van der Waals surface area contributed by atoms with Crippen LogP contribution in [0.25, 0.3) is 0 Å². The summed E-state index contributed by atoms with van der Waals surface area (Å²) in [7, 11) is 0. The van der Waals surface area contributed by atoms with E-state index >= 15 is 0 Å². The van der Waals surface area contributed by atoms with Crippen LogP contribution in [0.3, 0.4) is 0 Å². The molecule has 3 aliphatic rings. The number of aryl methyl sites for hydroxylation is 2. The summed E-state index contributed by atoms with van der Waals surface area (Å²) in [5.41, 5.74) is 1.24. The van der Waals surface area contributed by atoms with Gasteiger partial charge in [0.2, 0.25) is 17.7 Å². The maximum absolute atomic E-state index is 14.1. The number of carbonyl (C=O) groups excluding carboxylic acids is 3. The topological polar surface area (TPSA) is 117 Å². The van der Waals surface area contributed by atoms with E-state index in [0.29, 0.717) is 56.0 Å². The fourth-order valence-electron chi connectivity index (χ4n) is 6.85. The van der Waals surface area contributed by atoms with Crippen LogP contribution >= 0.6 is 0 Å². The second kappa shape index (κ2) is 10.9. The smallest absolute Gasteiger partial charge is 0.250 e. The normalized spacial score (nSPS) is 28.5. The number of benzene rings is 2. The van der Waals surface area contributed by atoms with Crippen molar-refractivity contribution >= 4 is 29.1 Å². The van der Waals surface area contributed by atoms with Crippen LogP contribution in [0.4, 0.5) is 11.4 Å². The molecule has 9 nitrogen and oxygen atoms in total. The zero-order valence-corrected chi connectivity index (χ0v) is 23.7. The minimum atomic E-state index is -1.10. The molecule has 2 unspecified atom stereocenters. The highest BCUT2D eigenvalue weighted by Gasteiger charge is 2.77. The molecule has 3 amide bonds. The zero-order valence-electron chi connectivity index (χ0n) is 23.7. The molecule has 3 saturated heterocycles. The fraction of sp³-hybridized carbons (Fsp3) is 0.516. The number of hydrogen-bond donors (Lipinski definition) is 3. The molecule has 5 rings (SSSR count). The summed E-state index contributed by atoms with van der Waals surface area (Å²) in [6.45, 7) is 8.51. The van der Waals surface area contributed by atoms with Gasteiger partial charge in [-0.25, -0.2) is 0 Å². The molecule has 40 heavy (non-hydrogen) atoms. The van der Waals surface area contributed by atoms with Crippen molar-refractivity contribution in [3.05, 3.63) is 53.6 Å². The monoisotopic (exact) mass is 549 g/mol. The molecule has 3 aliphatic heterocycles. The summed E-state index contributed by atoms with van der Waals surface area (Å²) in [6, 6.07) is 12.1. The maximum atomic E-state index is 14.1. The molecule has 3 fully saturated rings. The number of ether oxygens (including phenoxy) is 2. The molecule has 9 heteroatoms. The zero-order chi connectivity index (χ0) is 28.7. The highest BCUT2D eigenvalue weighted by Crippen LogP contribution is 2.63. The first-order chi connectivity index (χ1) is 19.1. The first kappa shape index (κ1) is 28.1. The largest absolute Gasteiger partial charge is 0.494 e. The molecule has 0 saturated carbocycles. The number of amides is 3. The number of fused-ring (bicyclic) bond motifs is 1. The number of anilines is 2. The lowest BCUT2D eigenvalue weighted by Crippen LogP contribution is -2.53. The summed E-state index contributed by atoms with van der Waals surface area (Å²) >= 11 is 0. The number of nitrogens with zero attached hydrogens (tertiary/aromatic N) is 1. The van der Waals surface area contributed by atoms with E-state index in [4.69, 9.17) is 9.47 Å². The number of rotatable bonds is 10. The lowest BCUT2D eigenvalue weighted by Gasteiger charge is -2.33. The van der Waals surface area contributed by atoms with Crippen molar-refractivity contribution in [2.75, 3.05) is 30.4 Å². The van der Waals surface area contributed by atoms with Gasteiger partial charge in [-0.2, -0.15) is 0 Å². The Hall–Kier alpha value is -3.43. The Morgan fingerprint density at radius 1 is 1.07 bits per heavy atom. The molecule has 2 bridgehead atoms. The van der Waals surface area contributed by atoms with Crippen molar-refractivity contribution in [3.8, 4) is 5.75 Å². The maximum Gasteiger partial charge on any atom is 0.250 e. The fourth-order valence-corrected chi connectivity index (χ4v) is 6.85. The van der Waals surface area contributed by atoms with Crippen LogP contribution < -0.4 is 15.4 Å². The summed E-state index contributed by atoms with van der Waals surface area (Å²) < 4.78 is 12.2. The third-order valence-corrected chi connectivity index (χ3v) is 8.70. The lowest BCUT2D eigenvalue weighted by atomic mass is 9.66. The number of aliphatic hydroxyl groups is 1. The summed E-state index contributed by atoms with van der Waals surface area (Å²) in [5.74, 6) is -1.68. The van der Waals surface area contributed by atoms with Crippen molar-refractivity contribution in [1.29, 1.82) is 0 Å². The van der Waals surface area contributed by atoms with Crippen molar-refractivity contribution in [3.63, 3.8) is 0 Å². The summed E-state index contributed by atoms with van der Waals surface area (Å²) in [6.07, 6.45) is 2.12. The van der Waals surface area contributed by atoms with Gasteiger partial charge in [-0.05, 0) is 94.8 Å². The van der Waals surface area contributed by atoms with E-state index in [9.17, 15) is 19.5 Å². The van der Waals surface area contributed by atoms with Gasteiger partial charge < -0.3 is 30.1 Å². The Morgan fingerprint density at radius 3 is 2.52 bits per heavy atom. The average Bonchev–Trinajstić information content (AvgIpc) is 3.48. The molecule has 0 aliphatic carbocycles. The molecule has 2 aromatic carbocycles. The third kappa shape index (κ3) is 4.75. The molecule has 0 aromatic heterocycles. The standard InChI is InChI=1S/C31H39N3O6/c1-5-39-22-12-10-21(11-13-22)32-27(36)24-25-29(38)34(16-6-7-17-35)26(31(25)15-14-30(24,4)40-31)28(37)33-23-18-19(2)8-9-20(23)3/h8-13,18,24-26,35H,5-7,14-17H2,1-4H3,(H,32,36)(H,33,37)/t24-,25+,26?,30+,31?/m1/s1. The van der Waals surface area contributed by atoms with Gasteiger partial charge in [0.05, 0.1) is 24.0 Å². The molecule has 2 aromatic rings. The first-order valence-electron chi connectivity index (χ1n) is 14.2. The minimum absolute atomic E-state index is 0.00234. The summed E-state index contributed by atoms with van der Waals surface area (Å²) in [4.78, 5) is 43.5. The predicted molar refractivity (Wildman–Crippen MR) is 151 cm³/mol. The van der Waals surface area contributed by atoms with Gasteiger partial charge in [-0.3, -0.25) is 14.4 Å². The van der Waals surface area contributed by atoms with E-state index in [1.807, 2.05) is 45.9 Å². The van der Waals surface area contributed by atoms with Gasteiger partial charge in [0.25, 0.3) is 0 Å². The molecule has 5 atom stereocenters. The minimum Gasteiger partial charge on any atom is -0.494 e. The molecule has 3 N–H and O–H groups in total.